The normalized spacial score (nSPS) is 19.0. The van der Waals surface area contributed by atoms with Crippen molar-refractivity contribution in [1.29, 1.82) is 0 Å². The maximum atomic E-state index is 5.44. The van der Waals surface area contributed by atoms with E-state index in [1.165, 1.54) is 4.88 Å². The Morgan fingerprint density at radius 3 is 2.88 bits per heavy atom. The van der Waals surface area contributed by atoms with E-state index in [4.69, 9.17) is 9.47 Å². The average molecular weight is 255 g/mol. The zero-order valence-corrected chi connectivity index (χ0v) is 11.4. The zero-order valence-electron chi connectivity index (χ0n) is 10.6. The standard InChI is InChI=1S/C13H21NO2S/c1-11(10-12-4-3-9-17-12)14(2)6-5-13-15-7-8-16-13/h3-4,9,11,13H,5-8,10H2,1-2H3/t11-/m0/s1. The second-order valence-electron chi connectivity index (χ2n) is 4.57. The minimum absolute atomic E-state index is 0.0198. The highest BCUT2D eigenvalue weighted by Crippen LogP contribution is 2.15. The van der Waals surface area contributed by atoms with Crippen LogP contribution in [0.4, 0.5) is 0 Å². The van der Waals surface area contributed by atoms with Gasteiger partial charge in [0.15, 0.2) is 6.29 Å². The monoisotopic (exact) mass is 255 g/mol. The summed E-state index contributed by atoms with van der Waals surface area (Å²) in [5, 5.41) is 2.14. The van der Waals surface area contributed by atoms with E-state index < -0.39 is 0 Å². The van der Waals surface area contributed by atoms with Gasteiger partial charge in [0.25, 0.3) is 0 Å². The van der Waals surface area contributed by atoms with Gasteiger partial charge in [0.05, 0.1) is 13.2 Å². The van der Waals surface area contributed by atoms with E-state index in [1.807, 2.05) is 11.3 Å². The lowest BCUT2D eigenvalue weighted by Gasteiger charge is -2.25. The highest BCUT2D eigenvalue weighted by atomic mass is 32.1. The number of hydrogen-bond acceptors (Lipinski definition) is 4. The van der Waals surface area contributed by atoms with Gasteiger partial charge in [-0.2, -0.15) is 0 Å². The molecule has 1 atom stereocenters. The zero-order chi connectivity index (χ0) is 12.1. The van der Waals surface area contributed by atoms with E-state index in [0.29, 0.717) is 6.04 Å². The molecule has 1 aromatic heterocycles. The van der Waals surface area contributed by atoms with Crippen molar-refractivity contribution in [2.45, 2.75) is 32.1 Å². The molecule has 3 nitrogen and oxygen atoms in total. The van der Waals surface area contributed by atoms with Gasteiger partial charge in [-0.15, -0.1) is 11.3 Å². The van der Waals surface area contributed by atoms with Crippen LogP contribution in [0.3, 0.4) is 0 Å². The Bertz CT molecular complexity index is 309. The number of hydrogen-bond donors (Lipinski definition) is 0. The molecule has 96 valence electrons. The topological polar surface area (TPSA) is 21.7 Å². The average Bonchev–Trinajstić information content (AvgIpc) is 2.98. The minimum atomic E-state index is 0.0198. The number of nitrogens with zero attached hydrogens (tertiary/aromatic N) is 1. The lowest BCUT2D eigenvalue weighted by atomic mass is 10.2. The second kappa shape index (κ2) is 6.50. The SMILES string of the molecule is C[C@@H](Cc1cccs1)N(C)CCC1OCCO1. The van der Waals surface area contributed by atoms with Crippen molar-refractivity contribution in [2.75, 3.05) is 26.8 Å². The Balaban J connectivity index is 1.69. The number of thiophene rings is 1. The molecule has 4 heteroatoms. The van der Waals surface area contributed by atoms with Gasteiger partial charge in [0, 0.05) is 23.9 Å². The van der Waals surface area contributed by atoms with Crippen LogP contribution in [0.15, 0.2) is 17.5 Å². The molecule has 0 radical (unpaired) electrons. The van der Waals surface area contributed by atoms with Crippen LogP contribution >= 0.6 is 11.3 Å². The summed E-state index contributed by atoms with van der Waals surface area (Å²) in [5.41, 5.74) is 0. The summed E-state index contributed by atoms with van der Waals surface area (Å²) in [6, 6.07) is 4.89. The highest BCUT2D eigenvalue weighted by Gasteiger charge is 2.18. The Labute approximate surface area is 107 Å². The molecule has 0 saturated carbocycles. The lowest BCUT2D eigenvalue weighted by Crippen LogP contribution is -2.33. The van der Waals surface area contributed by atoms with Crippen LogP contribution in [0.2, 0.25) is 0 Å². The maximum Gasteiger partial charge on any atom is 0.159 e. The van der Waals surface area contributed by atoms with E-state index in [0.717, 1.165) is 32.6 Å². The van der Waals surface area contributed by atoms with E-state index in [1.54, 1.807) is 0 Å². The fourth-order valence-corrected chi connectivity index (χ4v) is 2.81. The van der Waals surface area contributed by atoms with Crippen LogP contribution in [0, 0.1) is 0 Å². The summed E-state index contributed by atoms with van der Waals surface area (Å²) in [5.74, 6) is 0. The van der Waals surface area contributed by atoms with Gasteiger partial charge in [-0.25, -0.2) is 0 Å². The molecule has 0 aromatic carbocycles. The van der Waals surface area contributed by atoms with Gasteiger partial charge < -0.3 is 14.4 Å². The van der Waals surface area contributed by atoms with Crippen molar-refractivity contribution < 1.29 is 9.47 Å². The smallest absolute Gasteiger partial charge is 0.159 e. The third kappa shape index (κ3) is 4.07. The molecule has 2 rings (SSSR count). The number of likely N-dealkylation sites (N-methyl/N-ethyl adjacent to an activating group) is 1. The summed E-state index contributed by atoms with van der Waals surface area (Å²) in [7, 11) is 2.17. The van der Waals surface area contributed by atoms with Crippen molar-refractivity contribution in [1.82, 2.24) is 4.90 Å². The van der Waals surface area contributed by atoms with Crippen LogP contribution < -0.4 is 0 Å². The van der Waals surface area contributed by atoms with Crippen LogP contribution in [0.5, 0.6) is 0 Å². The van der Waals surface area contributed by atoms with E-state index in [9.17, 15) is 0 Å². The van der Waals surface area contributed by atoms with Crippen molar-refractivity contribution in [2.24, 2.45) is 0 Å². The molecule has 1 aliphatic heterocycles. The molecule has 1 saturated heterocycles. The Morgan fingerprint density at radius 2 is 2.24 bits per heavy atom. The summed E-state index contributed by atoms with van der Waals surface area (Å²) < 4.78 is 10.9. The summed E-state index contributed by atoms with van der Waals surface area (Å²) in [6.45, 7) is 4.80. The molecule has 2 heterocycles. The molecule has 1 fully saturated rings. The summed E-state index contributed by atoms with van der Waals surface area (Å²) in [4.78, 5) is 3.84. The van der Waals surface area contributed by atoms with E-state index in [2.05, 4.69) is 36.4 Å². The van der Waals surface area contributed by atoms with Crippen molar-refractivity contribution in [3.63, 3.8) is 0 Å². The van der Waals surface area contributed by atoms with Crippen LogP contribution in [0.1, 0.15) is 18.2 Å². The summed E-state index contributed by atoms with van der Waals surface area (Å²) in [6.07, 6.45) is 2.11. The first-order valence-electron chi connectivity index (χ1n) is 6.21. The second-order valence-corrected chi connectivity index (χ2v) is 5.61. The van der Waals surface area contributed by atoms with Gasteiger partial charge in [0.1, 0.15) is 0 Å². The molecule has 0 spiro atoms. The third-order valence-corrected chi connectivity index (χ3v) is 4.14. The molecule has 1 aromatic rings. The number of rotatable bonds is 6. The first-order chi connectivity index (χ1) is 8.25. The highest BCUT2D eigenvalue weighted by molar-refractivity contribution is 7.09. The quantitative estimate of drug-likeness (QED) is 0.779. The predicted octanol–water partition coefficient (Wildman–Crippen LogP) is 2.37. The Kier molecular flexibility index (Phi) is 4.98. The predicted molar refractivity (Wildman–Crippen MR) is 70.4 cm³/mol. The van der Waals surface area contributed by atoms with Crippen molar-refractivity contribution in [3.8, 4) is 0 Å². The van der Waals surface area contributed by atoms with Gasteiger partial charge >= 0.3 is 0 Å². The first kappa shape index (κ1) is 13.0. The van der Waals surface area contributed by atoms with Crippen LogP contribution in [0.25, 0.3) is 0 Å². The van der Waals surface area contributed by atoms with Crippen LogP contribution in [-0.4, -0.2) is 44.0 Å². The van der Waals surface area contributed by atoms with Crippen molar-refractivity contribution in [3.05, 3.63) is 22.4 Å². The molecular formula is C13H21NO2S. The van der Waals surface area contributed by atoms with Gasteiger partial charge in [-0.1, -0.05) is 6.07 Å². The summed E-state index contributed by atoms with van der Waals surface area (Å²) >= 11 is 1.84. The van der Waals surface area contributed by atoms with Gasteiger partial charge in [-0.05, 0) is 31.8 Å². The fourth-order valence-electron chi connectivity index (χ4n) is 1.98. The molecule has 0 N–H and O–H groups in total. The largest absolute Gasteiger partial charge is 0.350 e. The Morgan fingerprint density at radius 1 is 1.47 bits per heavy atom. The molecule has 17 heavy (non-hydrogen) atoms. The van der Waals surface area contributed by atoms with Crippen LogP contribution in [-0.2, 0) is 15.9 Å². The third-order valence-electron chi connectivity index (χ3n) is 3.24. The molecule has 0 amide bonds. The maximum absolute atomic E-state index is 5.44. The lowest BCUT2D eigenvalue weighted by molar-refractivity contribution is -0.0517. The molecule has 0 aliphatic carbocycles. The molecule has 0 unspecified atom stereocenters. The van der Waals surface area contributed by atoms with Gasteiger partial charge in [-0.3, -0.25) is 0 Å². The van der Waals surface area contributed by atoms with E-state index >= 15 is 0 Å². The molecule has 0 bridgehead atoms. The number of ether oxygens (including phenoxy) is 2. The Hall–Kier alpha value is -0.420. The van der Waals surface area contributed by atoms with Crippen molar-refractivity contribution >= 4 is 11.3 Å². The minimum Gasteiger partial charge on any atom is -0.350 e. The molecule has 1 aliphatic rings. The van der Waals surface area contributed by atoms with Gasteiger partial charge in [0.2, 0.25) is 0 Å². The van der Waals surface area contributed by atoms with E-state index in [-0.39, 0.29) is 6.29 Å². The molecular weight excluding hydrogens is 234 g/mol. The first-order valence-corrected chi connectivity index (χ1v) is 7.09. The fraction of sp³-hybridized carbons (Fsp3) is 0.692.